The average molecular weight is 265 g/mol. The number of ether oxygens (including phenoxy) is 1. The van der Waals surface area contributed by atoms with Crippen molar-refractivity contribution in [3.05, 3.63) is 12.7 Å². The molecule has 4 atom stereocenters. The molecule has 6 N–H and O–H groups in total. The average Bonchev–Trinajstić information content (AvgIpc) is 2.39. The van der Waals surface area contributed by atoms with Crippen molar-refractivity contribution in [3.8, 4) is 0 Å². The van der Waals surface area contributed by atoms with E-state index in [9.17, 15) is 20.1 Å². The second-order valence-corrected chi connectivity index (χ2v) is 3.57. The normalized spacial score (nSPS) is 17.4. The zero-order valence-electron chi connectivity index (χ0n) is 9.77. The molecule has 0 fully saturated rings. The molecule has 0 aliphatic rings. The van der Waals surface area contributed by atoms with Gasteiger partial charge in [0.15, 0.2) is 0 Å². The summed E-state index contributed by atoms with van der Waals surface area (Å²) in [5.41, 5.74) is 0. The fourth-order valence-corrected chi connectivity index (χ4v) is 1.06. The van der Waals surface area contributed by atoms with Crippen LogP contribution in [0.5, 0.6) is 0 Å². The predicted octanol–water partition coefficient (Wildman–Crippen LogP) is -2.67. The van der Waals surface area contributed by atoms with E-state index in [0.717, 1.165) is 0 Å². The summed E-state index contributed by atoms with van der Waals surface area (Å²) in [4.78, 5) is 11.0. The Morgan fingerprint density at radius 1 is 1.22 bits per heavy atom. The van der Waals surface area contributed by atoms with Gasteiger partial charge in [0.2, 0.25) is 0 Å². The number of amides is 1. The molecule has 1 amide bonds. The van der Waals surface area contributed by atoms with E-state index in [0.29, 0.717) is 0 Å². The van der Waals surface area contributed by atoms with E-state index in [2.05, 4.69) is 16.6 Å². The van der Waals surface area contributed by atoms with Crippen molar-refractivity contribution in [1.82, 2.24) is 5.32 Å². The van der Waals surface area contributed by atoms with Crippen LogP contribution in [0.25, 0.3) is 0 Å². The Morgan fingerprint density at radius 3 is 2.28 bits per heavy atom. The van der Waals surface area contributed by atoms with Crippen LogP contribution in [0.15, 0.2) is 12.7 Å². The largest absolute Gasteiger partial charge is 0.445 e. The quantitative estimate of drug-likeness (QED) is 0.263. The van der Waals surface area contributed by atoms with Gasteiger partial charge < -0.3 is 35.6 Å². The lowest BCUT2D eigenvalue weighted by Gasteiger charge is -2.25. The number of aliphatic hydroxyl groups excluding tert-OH is 5. The number of carbonyl (C=O) groups excluding carboxylic acids is 1. The van der Waals surface area contributed by atoms with Crippen LogP contribution in [0.4, 0.5) is 4.79 Å². The molecule has 0 rings (SSSR count). The van der Waals surface area contributed by atoms with Gasteiger partial charge in [-0.15, -0.1) is 0 Å². The van der Waals surface area contributed by atoms with E-state index < -0.39 is 37.1 Å². The molecular formula is C10H19NO7. The van der Waals surface area contributed by atoms with Crippen molar-refractivity contribution in [2.24, 2.45) is 0 Å². The van der Waals surface area contributed by atoms with Gasteiger partial charge in [-0.25, -0.2) is 4.79 Å². The summed E-state index contributed by atoms with van der Waals surface area (Å²) >= 11 is 0. The lowest BCUT2D eigenvalue weighted by atomic mass is 10.0. The standard InChI is InChI=1S/C10H19NO7/c1-2-3-18-10(17)11-4-6(13)8(15)9(16)7(14)5-12/h2,6-9,12-16H,1,3-5H2,(H,11,17)/t6-,7+,8+,9+/m0/s1. The first-order valence-electron chi connectivity index (χ1n) is 5.28. The molecule has 0 saturated carbocycles. The number of carbonyl (C=O) groups is 1. The minimum atomic E-state index is -1.73. The van der Waals surface area contributed by atoms with Gasteiger partial charge in [0.25, 0.3) is 0 Å². The zero-order valence-corrected chi connectivity index (χ0v) is 9.77. The molecule has 0 heterocycles. The highest BCUT2D eigenvalue weighted by Crippen LogP contribution is 2.04. The number of rotatable bonds is 8. The number of hydrogen-bond donors (Lipinski definition) is 6. The van der Waals surface area contributed by atoms with E-state index >= 15 is 0 Å². The molecule has 0 unspecified atom stereocenters. The molecule has 106 valence electrons. The highest BCUT2D eigenvalue weighted by Gasteiger charge is 2.30. The Bertz CT molecular complexity index is 261. The smallest absolute Gasteiger partial charge is 0.407 e. The number of aliphatic hydroxyl groups is 5. The van der Waals surface area contributed by atoms with Gasteiger partial charge in [-0.05, 0) is 0 Å². The van der Waals surface area contributed by atoms with Gasteiger partial charge in [-0.1, -0.05) is 12.7 Å². The SMILES string of the molecule is C=CCOC(=O)NC[C@H](O)[C@@H](O)[C@H](O)[C@H](O)CO. The first kappa shape index (κ1) is 16.8. The van der Waals surface area contributed by atoms with Gasteiger partial charge in [0.1, 0.15) is 24.9 Å². The maximum absolute atomic E-state index is 11.0. The number of hydrogen-bond acceptors (Lipinski definition) is 7. The van der Waals surface area contributed by atoms with Crippen molar-refractivity contribution in [3.63, 3.8) is 0 Å². The number of nitrogens with one attached hydrogen (secondary N) is 1. The van der Waals surface area contributed by atoms with Crippen molar-refractivity contribution in [2.45, 2.75) is 24.4 Å². The topological polar surface area (TPSA) is 139 Å². The lowest BCUT2D eigenvalue weighted by Crippen LogP contribution is -2.49. The van der Waals surface area contributed by atoms with Gasteiger partial charge >= 0.3 is 6.09 Å². The van der Waals surface area contributed by atoms with Crippen molar-refractivity contribution < 1.29 is 35.1 Å². The molecule has 0 aromatic rings. The maximum atomic E-state index is 11.0. The van der Waals surface area contributed by atoms with Gasteiger partial charge in [0, 0.05) is 6.54 Å². The first-order valence-corrected chi connectivity index (χ1v) is 5.28. The fraction of sp³-hybridized carbons (Fsp3) is 0.700. The molecule has 8 nitrogen and oxygen atoms in total. The summed E-state index contributed by atoms with van der Waals surface area (Å²) in [6.07, 6.45) is -6.01. The number of alkyl carbamates (subject to hydrolysis) is 1. The van der Waals surface area contributed by atoms with Crippen LogP contribution < -0.4 is 5.32 Å². The minimum Gasteiger partial charge on any atom is -0.445 e. The van der Waals surface area contributed by atoms with Crippen LogP contribution in [0.2, 0.25) is 0 Å². The lowest BCUT2D eigenvalue weighted by molar-refractivity contribution is -0.113. The first-order chi connectivity index (χ1) is 8.43. The van der Waals surface area contributed by atoms with Crippen LogP contribution in [-0.4, -0.2) is 75.8 Å². The molecule has 0 aromatic heterocycles. The molecule has 0 radical (unpaired) electrons. The third kappa shape index (κ3) is 5.94. The van der Waals surface area contributed by atoms with Gasteiger partial charge in [-0.2, -0.15) is 0 Å². The highest BCUT2D eigenvalue weighted by molar-refractivity contribution is 5.67. The molecule has 0 spiro atoms. The maximum Gasteiger partial charge on any atom is 0.407 e. The third-order valence-electron chi connectivity index (χ3n) is 2.11. The predicted molar refractivity (Wildman–Crippen MR) is 60.7 cm³/mol. The summed E-state index contributed by atoms with van der Waals surface area (Å²) in [7, 11) is 0. The summed E-state index contributed by atoms with van der Waals surface area (Å²) in [5.74, 6) is 0. The summed E-state index contributed by atoms with van der Waals surface area (Å²) in [6, 6.07) is 0. The summed E-state index contributed by atoms with van der Waals surface area (Å²) in [6.45, 7) is 2.18. The molecule has 0 saturated heterocycles. The van der Waals surface area contributed by atoms with Crippen LogP contribution in [0.3, 0.4) is 0 Å². The van der Waals surface area contributed by atoms with Crippen LogP contribution in [-0.2, 0) is 4.74 Å². The Hall–Kier alpha value is -1.19. The van der Waals surface area contributed by atoms with E-state index in [1.807, 2.05) is 0 Å². The van der Waals surface area contributed by atoms with Gasteiger partial charge in [-0.3, -0.25) is 0 Å². The Labute approximate surface area is 104 Å². The van der Waals surface area contributed by atoms with Crippen LogP contribution >= 0.6 is 0 Å². The summed E-state index contributed by atoms with van der Waals surface area (Å²) in [5, 5.41) is 47.8. The Kier molecular flexibility index (Phi) is 8.25. The van der Waals surface area contributed by atoms with Crippen molar-refractivity contribution >= 4 is 6.09 Å². The molecule has 0 aliphatic heterocycles. The Balaban J connectivity index is 4.04. The van der Waals surface area contributed by atoms with Crippen molar-refractivity contribution in [1.29, 1.82) is 0 Å². The second kappa shape index (κ2) is 8.84. The molecule has 0 aliphatic carbocycles. The highest BCUT2D eigenvalue weighted by atomic mass is 16.5. The fourth-order valence-electron chi connectivity index (χ4n) is 1.06. The zero-order chi connectivity index (χ0) is 14.1. The summed E-state index contributed by atoms with van der Waals surface area (Å²) < 4.78 is 4.54. The monoisotopic (exact) mass is 265 g/mol. The van der Waals surface area contributed by atoms with Crippen LogP contribution in [0, 0.1) is 0 Å². The molecule has 8 heteroatoms. The van der Waals surface area contributed by atoms with Crippen molar-refractivity contribution in [2.75, 3.05) is 19.8 Å². The van der Waals surface area contributed by atoms with Gasteiger partial charge in [0.05, 0.1) is 12.7 Å². The van der Waals surface area contributed by atoms with E-state index in [-0.39, 0.29) is 13.2 Å². The Morgan fingerprint density at radius 2 is 1.78 bits per heavy atom. The second-order valence-electron chi connectivity index (χ2n) is 3.57. The molecular weight excluding hydrogens is 246 g/mol. The molecule has 0 aromatic carbocycles. The third-order valence-corrected chi connectivity index (χ3v) is 2.11. The van der Waals surface area contributed by atoms with E-state index in [1.54, 1.807) is 0 Å². The van der Waals surface area contributed by atoms with E-state index in [1.165, 1.54) is 6.08 Å². The molecule has 18 heavy (non-hydrogen) atoms. The van der Waals surface area contributed by atoms with Crippen LogP contribution in [0.1, 0.15) is 0 Å². The van der Waals surface area contributed by atoms with E-state index in [4.69, 9.17) is 10.2 Å². The minimum absolute atomic E-state index is 0.00364. The molecule has 0 bridgehead atoms.